The number of carbonyl (C=O) groups excluding carboxylic acids is 1. The third-order valence-electron chi connectivity index (χ3n) is 3.92. The Bertz CT molecular complexity index is 958. The molecular formula is C19H19N3O6. The number of pyridine rings is 1. The molecule has 0 bridgehead atoms. The Morgan fingerprint density at radius 3 is 2.50 bits per heavy atom. The summed E-state index contributed by atoms with van der Waals surface area (Å²) in [5.41, 5.74) is 0.872. The minimum absolute atomic E-state index is 0.159. The number of rotatable bonds is 7. The molecule has 0 spiro atoms. The highest BCUT2D eigenvalue weighted by Gasteiger charge is 2.25. The van der Waals surface area contributed by atoms with Gasteiger partial charge in [-0.25, -0.2) is 4.79 Å². The molecule has 9 nitrogen and oxygen atoms in total. The van der Waals surface area contributed by atoms with Gasteiger partial charge in [0.2, 0.25) is 11.6 Å². The molecule has 3 rings (SSSR count). The van der Waals surface area contributed by atoms with Crippen LogP contribution >= 0.6 is 0 Å². The average Bonchev–Trinajstić information content (AvgIpc) is 3.23. The zero-order valence-electron chi connectivity index (χ0n) is 15.8. The van der Waals surface area contributed by atoms with E-state index >= 15 is 0 Å². The highest BCUT2D eigenvalue weighted by molar-refractivity contribution is 5.94. The van der Waals surface area contributed by atoms with Crippen LogP contribution in [0.2, 0.25) is 0 Å². The maximum Gasteiger partial charge on any atom is 0.342 e. The van der Waals surface area contributed by atoms with E-state index in [0.717, 1.165) is 0 Å². The van der Waals surface area contributed by atoms with Crippen molar-refractivity contribution in [1.29, 1.82) is 0 Å². The van der Waals surface area contributed by atoms with Crippen molar-refractivity contribution in [3.63, 3.8) is 0 Å². The SMILES string of the molecule is COc1ccc(C(=O)OC(C)c2nc(-c3cccnc3)no2)c(OC)c1OC. The highest BCUT2D eigenvalue weighted by Crippen LogP contribution is 2.40. The lowest BCUT2D eigenvalue weighted by molar-refractivity contribution is 0.0261. The number of hydrogen-bond donors (Lipinski definition) is 0. The van der Waals surface area contributed by atoms with Crippen molar-refractivity contribution in [1.82, 2.24) is 15.1 Å². The predicted molar refractivity (Wildman–Crippen MR) is 97.5 cm³/mol. The lowest BCUT2D eigenvalue weighted by Crippen LogP contribution is -2.11. The Labute approximate surface area is 161 Å². The summed E-state index contributed by atoms with van der Waals surface area (Å²) in [5, 5.41) is 3.89. The molecule has 1 aromatic carbocycles. The fraction of sp³-hybridized carbons (Fsp3) is 0.263. The molecule has 0 radical (unpaired) electrons. The first-order valence-electron chi connectivity index (χ1n) is 8.33. The second-order valence-electron chi connectivity index (χ2n) is 5.63. The Morgan fingerprint density at radius 2 is 1.86 bits per heavy atom. The van der Waals surface area contributed by atoms with Gasteiger partial charge in [0.25, 0.3) is 5.89 Å². The van der Waals surface area contributed by atoms with Crippen LogP contribution in [-0.2, 0) is 4.74 Å². The minimum Gasteiger partial charge on any atom is -0.493 e. The van der Waals surface area contributed by atoms with Gasteiger partial charge in [-0.05, 0) is 31.2 Å². The fourth-order valence-corrected chi connectivity index (χ4v) is 2.55. The lowest BCUT2D eigenvalue weighted by atomic mass is 10.1. The summed E-state index contributed by atoms with van der Waals surface area (Å²) < 4.78 is 26.5. The largest absolute Gasteiger partial charge is 0.493 e. The van der Waals surface area contributed by atoms with Crippen molar-refractivity contribution < 1.29 is 28.3 Å². The number of carbonyl (C=O) groups is 1. The van der Waals surface area contributed by atoms with Crippen molar-refractivity contribution in [2.75, 3.05) is 21.3 Å². The molecule has 1 unspecified atom stereocenters. The van der Waals surface area contributed by atoms with Gasteiger partial charge < -0.3 is 23.5 Å². The van der Waals surface area contributed by atoms with Gasteiger partial charge in [0, 0.05) is 18.0 Å². The zero-order valence-corrected chi connectivity index (χ0v) is 15.8. The van der Waals surface area contributed by atoms with Crippen LogP contribution in [0.15, 0.2) is 41.2 Å². The molecule has 0 aliphatic heterocycles. The van der Waals surface area contributed by atoms with E-state index in [1.165, 1.54) is 27.4 Å². The molecular weight excluding hydrogens is 366 g/mol. The smallest absolute Gasteiger partial charge is 0.342 e. The molecule has 146 valence electrons. The summed E-state index contributed by atoms with van der Waals surface area (Å²) in [6.45, 7) is 1.63. The Kier molecular flexibility index (Phi) is 5.73. The number of esters is 1. The third-order valence-corrected chi connectivity index (χ3v) is 3.92. The number of aromatic nitrogens is 3. The molecule has 0 saturated carbocycles. The van der Waals surface area contributed by atoms with Gasteiger partial charge >= 0.3 is 5.97 Å². The van der Waals surface area contributed by atoms with Crippen molar-refractivity contribution in [3.05, 3.63) is 48.1 Å². The molecule has 0 N–H and O–H groups in total. The van der Waals surface area contributed by atoms with Crippen LogP contribution in [0.25, 0.3) is 11.4 Å². The van der Waals surface area contributed by atoms with Crippen LogP contribution in [0.4, 0.5) is 0 Å². The number of benzene rings is 1. The van der Waals surface area contributed by atoms with Gasteiger partial charge in [-0.3, -0.25) is 4.98 Å². The van der Waals surface area contributed by atoms with Gasteiger partial charge in [-0.2, -0.15) is 4.98 Å². The molecule has 0 aliphatic rings. The first-order valence-corrected chi connectivity index (χ1v) is 8.33. The molecule has 0 aliphatic carbocycles. The number of ether oxygens (including phenoxy) is 4. The van der Waals surface area contributed by atoms with E-state index < -0.39 is 12.1 Å². The summed E-state index contributed by atoms with van der Waals surface area (Å²) in [6, 6.07) is 6.69. The molecule has 0 saturated heterocycles. The van der Waals surface area contributed by atoms with Gasteiger partial charge in [-0.15, -0.1) is 0 Å². The van der Waals surface area contributed by atoms with E-state index in [4.69, 9.17) is 23.5 Å². The summed E-state index contributed by atoms with van der Waals surface area (Å²) >= 11 is 0. The lowest BCUT2D eigenvalue weighted by Gasteiger charge is -2.16. The van der Waals surface area contributed by atoms with Crippen molar-refractivity contribution >= 4 is 5.97 Å². The standard InChI is InChI=1S/C19H19N3O6/c1-11(18-21-17(22-28-18)12-6-5-9-20-10-12)27-19(23)13-7-8-14(24-2)16(26-4)15(13)25-3/h5-11H,1-4H3. The zero-order chi connectivity index (χ0) is 20.1. The van der Waals surface area contributed by atoms with E-state index in [0.29, 0.717) is 22.9 Å². The number of nitrogens with zero attached hydrogens (tertiary/aromatic N) is 3. The van der Waals surface area contributed by atoms with Crippen LogP contribution in [0, 0.1) is 0 Å². The maximum atomic E-state index is 12.7. The number of hydrogen-bond acceptors (Lipinski definition) is 9. The molecule has 9 heteroatoms. The van der Waals surface area contributed by atoms with Crippen LogP contribution in [0.5, 0.6) is 17.2 Å². The van der Waals surface area contributed by atoms with Gasteiger partial charge in [-0.1, -0.05) is 5.16 Å². The average molecular weight is 385 g/mol. The molecule has 2 aromatic heterocycles. The Balaban J connectivity index is 1.81. The highest BCUT2D eigenvalue weighted by atomic mass is 16.6. The first-order chi connectivity index (χ1) is 13.6. The molecule has 28 heavy (non-hydrogen) atoms. The Morgan fingerprint density at radius 1 is 1.07 bits per heavy atom. The monoisotopic (exact) mass is 385 g/mol. The first kappa shape index (κ1) is 19.2. The van der Waals surface area contributed by atoms with Crippen LogP contribution in [-0.4, -0.2) is 42.4 Å². The van der Waals surface area contributed by atoms with E-state index in [2.05, 4.69) is 15.1 Å². The van der Waals surface area contributed by atoms with Crippen LogP contribution < -0.4 is 14.2 Å². The molecule has 2 heterocycles. The summed E-state index contributed by atoms with van der Waals surface area (Å²) in [4.78, 5) is 20.9. The van der Waals surface area contributed by atoms with Gasteiger partial charge in [0.15, 0.2) is 17.6 Å². The second-order valence-corrected chi connectivity index (χ2v) is 5.63. The second kappa shape index (κ2) is 8.38. The molecule has 0 fully saturated rings. The van der Waals surface area contributed by atoms with Crippen LogP contribution in [0.3, 0.4) is 0 Å². The van der Waals surface area contributed by atoms with Crippen molar-refractivity contribution in [2.24, 2.45) is 0 Å². The minimum atomic E-state index is -0.775. The third kappa shape index (κ3) is 3.73. The molecule has 0 amide bonds. The normalized spacial score (nSPS) is 11.6. The van der Waals surface area contributed by atoms with Gasteiger partial charge in [0.1, 0.15) is 5.56 Å². The topological polar surface area (TPSA) is 106 Å². The van der Waals surface area contributed by atoms with Crippen molar-refractivity contribution in [3.8, 4) is 28.6 Å². The Hall–Kier alpha value is -3.62. The van der Waals surface area contributed by atoms with E-state index in [9.17, 15) is 4.79 Å². The van der Waals surface area contributed by atoms with E-state index in [-0.39, 0.29) is 17.2 Å². The quantitative estimate of drug-likeness (QED) is 0.567. The summed E-state index contributed by atoms with van der Waals surface area (Å²) in [7, 11) is 4.37. The molecule has 1 atom stereocenters. The van der Waals surface area contributed by atoms with E-state index in [1.807, 2.05) is 0 Å². The maximum absolute atomic E-state index is 12.7. The fourth-order valence-electron chi connectivity index (χ4n) is 2.55. The van der Waals surface area contributed by atoms with E-state index in [1.54, 1.807) is 37.5 Å². The van der Waals surface area contributed by atoms with Gasteiger partial charge in [0.05, 0.1) is 21.3 Å². The summed E-state index contributed by atoms with van der Waals surface area (Å²) in [5.74, 6) is 0.819. The number of methoxy groups -OCH3 is 3. The predicted octanol–water partition coefficient (Wildman–Crippen LogP) is 3.08. The molecule has 3 aromatic rings. The summed E-state index contributed by atoms with van der Waals surface area (Å²) in [6.07, 6.45) is 2.48. The van der Waals surface area contributed by atoms with Crippen molar-refractivity contribution in [2.45, 2.75) is 13.0 Å². The van der Waals surface area contributed by atoms with Crippen LogP contribution in [0.1, 0.15) is 29.3 Å².